The highest BCUT2D eigenvalue weighted by Crippen LogP contribution is 2.55. The maximum Gasteiger partial charge on any atom is 0.228 e. The van der Waals surface area contributed by atoms with Gasteiger partial charge in [0, 0.05) is 16.1 Å². The quantitative estimate of drug-likeness (QED) is 0.882. The van der Waals surface area contributed by atoms with Gasteiger partial charge in [-0.25, -0.2) is 0 Å². The number of carbonyl (C=O) groups excluding carboxylic acids is 1. The van der Waals surface area contributed by atoms with E-state index in [0.29, 0.717) is 17.8 Å². The molecule has 2 fully saturated rings. The van der Waals surface area contributed by atoms with Gasteiger partial charge in [-0.05, 0) is 48.9 Å². The Kier molecular flexibility index (Phi) is 2.95. The molecule has 0 aliphatic heterocycles. The molecule has 17 heavy (non-hydrogen) atoms. The molecule has 3 heteroatoms. The molecule has 1 aromatic rings. The largest absolute Gasteiger partial charge is 0.326 e. The van der Waals surface area contributed by atoms with Gasteiger partial charge in [-0.1, -0.05) is 28.8 Å². The molecule has 2 aliphatic rings. The van der Waals surface area contributed by atoms with Crippen LogP contribution >= 0.6 is 15.9 Å². The van der Waals surface area contributed by atoms with Crippen molar-refractivity contribution in [1.29, 1.82) is 0 Å². The average molecular weight is 294 g/mol. The first-order valence-electron chi connectivity index (χ1n) is 6.32. The number of fused-ring (bicyclic) bond motifs is 1. The second-order valence-electron chi connectivity index (χ2n) is 5.13. The Bertz CT molecular complexity index is 416. The van der Waals surface area contributed by atoms with Gasteiger partial charge in [-0.15, -0.1) is 0 Å². The van der Waals surface area contributed by atoms with Crippen molar-refractivity contribution in [3.8, 4) is 0 Å². The number of nitrogens with one attached hydrogen (secondary N) is 1. The van der Waals surface area contributed by atoms with Crippen LogP contribution < -0.4 is 5.32 Å². The summed E-state index contributed by atoms with van der Waals surface area (Å²) in [5.74, 6) is 1.88. The van der Waals surface area contributed by atoms with E-state index in [9.17, 15) is 4.79 Å². The monoisotopic (exact) mass is 293 g/mol. The van der Waals surface area contributed by atoms with Crippen LogP contribution in [0.1, 0.15) is 25.7 Å². The zero-order valence-corrected chi connectivity index (χ0v) is 11.2. The minimum Gasteiger partial charge on any atom is -0.326 e. The average Bonchev–Trinajstić information content (AvgIpc) is 3.06. The van der Waals surface area contributed by atoms with Crippen LogP contribution in [-0.2, 0) is 4.79 Å². The zero-order chi connectivity index (χ0) is 11.8. The summed E-state index contributed by atoms with van der Waals surface area (Å²) in [5.41, 5.74) is 0.904. The number of benzene rings is 1. The third-order valence-electron chi connectivity index (χ3n) is 4.07. The van der Waals surface area contributed by atoms with Gasteiger partial charge in [0.1, 0.15) is 0 Å². The molecule has 90 valence electrons. The first-order valence-corrected chi connectivity index (χ1v) is 7.11. The van der Waals surface area contributed by atoms with Gasteiger partial charge < -0.3 is 5.32 Å². The molecule has 0 heterocycles. The van der Waals surface area contributed by atoms with E-state index < -0.39 is 0 Å². The maximum atomic E-state index is 12.1. The second-order valence-corrected chi connectivity index (χ2v) is 6.05. The van der Waals surface area contributed by atoms with Gasteiger partial charge in [0.25, 0.3) is 0 Å². The van der Waals surface area contributed by atoms with Gasteiger partial charge in [0.05, 0.1) is 0 Å². The molecule has 0 spiro atoms. The molecule has 2 saturated carbocycles. The summed E-state index contributed by atoms with van der Waals surface area (Å²) in [4.78, 5) is 12.1. The van der Waals surface area contributed by atoms with Crippen LogP contribution in [0.15, 0.2) is 28.7 Å². The van der Waals surface area contributed by atoms with Crippen molar-refractivity contribution in [3.05, 3.63) is 28.7 Å². The minimum absolute atomic E-state index is 0.226. The zero-order valence-electron chi connectivity index (χ0n) is 9.66. The molecule has 0 aromatic heterocycles. The smallest absolute Gasteiger partial charge is 0.228 e. The van der Waals surface area contributed by atoms with Crippen molar-refractivity contribution in [2.75, 3.05) is 5.32 Å². The van der Waals surface area contributed by atoms with Crippen LogP contribution in [0.25, 0.3) is 0 Å². The number of hydrogen-bond acceptors (Lipinski definition) is 1. The van der Waals surface area contributed by atoms with Crippen molar-refractivity contribution >= 4 is 27.5 Å². The summed E-state index contributed by atoms with van der Waals surface area (Å²) >= 11 is 3.39. The molecule has 0 bridgehead atoms. The fourth-order valence-electron chi connectivity index (χ4n) is 3.14. The molecule has 1 aromatic carbocycles. The van der Waals surface area contributed by atoms with Crippen LogP contribution in [0.3, 0.4) is 0 Å². The summed E-state index contributed by atoms with van der Waals surface area (Å²) in [5, 5.41) is 3.03. The molecule has 1 N–H and O–H groups in total. The summed E-state index contributed by atoms with van der Waals surface area (Å²) in [7, 11) is 0. The minimum atomic E-state index is 0.226. The normalized spacial score (nSPS) is 30.5. The van der Waals surface area contributed by atoms with Crippen LogP contribution in [0.2, 0.25) is 0 Å². The highest BCUT2D eigenvalue weighted by Gasteiger charge is 2.54. The standard InChI is InChI=1S/C14H16BrNO/c15-9-5-7-10(8-6-9)16-14(17)13-11-3-1-2-4-12(11)13/h5-8,11-13H,1-4H2,(H,16,17)/t11-,12+,13?. The lowest BCUT2D eigenvalue weighted by Crippen LogP contribution is -2.15. The number of anilines is 1. The summed E-state index contributed by atoms with van der Waals surface area (Å²) in [6.07, 6.45) is 5.12. The van der Waals surface area contributed by atoms with E-state index in [-0.39, 0.29) is 5.91 Å². The fourth-order valence-corrected chi connectivity index (χ4v) is 3.40. The Morgan fingerprint density at radius 1 is 1.12 bits per heavy atom. The Morgan fingerprint density at radius 2 is 1.71 bits per heavy atom. The fraction of sp³-hybridized carbons (Fsp3) is 0.500. The van der Waals surface area contributed by atoms with Crippen LogP contribution in [-0.4, -0.2) is 5.91 Å². The van der Waals surface area contributed by atoms with E-state index >= 15 is 0 Å². The van der Waals surface area contributed by atoms with E-state index in [1.807, 2.05) is 24.3 Å². The Hall–Kier alpha value is -0.830. The highest BCUT2D eigenvalue weighted by molar-refractivity contribution is 9.10. The molecule has 2 aliphatic carbocycles. The molecule has 3 atom stereocenters. The van der Waals surface area contributed by atoms with Gasteiger partial charge >= 0.3 is 0 Å². The van der Waals surface area contributed by atoms with Crippen molar-refractivity contribution in [1.82, 2.24) is 0 Å². The maximum absolute atomic E-state index is 12.1. The van der Waals surface area contributed by atoms with E-state index in [1.54, 1.807) is 0 Å². The van der Waals surface area contributed by atoms with Gasteiger partial charge in [-0.3, -0.25) is 4.79 Å². The number of hydrogen-bond donors (Lipinski definition) is 1. The summed E-state index contributed by atoms with van der Waals surface area (Å²) in [6, 6.07) is 7.78. The van der Waals surface area contributed by atoms with E-state index in [0.717, 1.165) is 10.2 Å². The van der Waals surface area contributed by atoms with Crippen LogP contribution in [0, 0.1) is 17.8 Å². The third kappa shape index (κ3) is 2.25. The van der Waals surface area contributed by atoms with Gasteiger partial charge in [0.15, 0.2) is 0 Å². The van der Waals surface area contributed by atoms with Crippen LogP contribution in [0.5, 0.6) is 0 Å². The van der Waals surface area contributed by atoms with Crippen molar-refractivity contribution in [3.63, 3.8) is 0 Å². The molecular weight excluding hydrogens is 278 g/mol. The Morgan fingerprint density at radius 3 is 2.29 bits per heavy atom. The lowest BCUT2D eigenvalue weighted by atomic mass is 10.0. The first-order chi connectivity index (χ1) is 8.25. The summed E-state index contributed by atoms with van der Waals surface area (Å²) < 4.78 is 1.04. The number of carbonyl (C=O) groups is 1. The predicted molar refractivity (Wildman–Crippen MR) is 71.7 cm³/mol. The van der Waals surface area contributed by atoms with Crippen molar-refractivity contribution < 1.29 is 4.79 Å². The molecule has 1 unspecified atom stereocenters. The summed E-state index contributed by atoms with van der Waals surface area (Å²) in [6.45, 7) is 0. The topological polar surface area (TPSA) is 29.1 Å². The predicted octanol–water partition coefficient (Wildman–Crippen LogP) is 3.82. The molecular formula is C14H16BrNO. The number of rotatable bonds is 2. The lowest BCUT2D eigenvalue weighted by molar-refractivity contribution is -0.117. The molecule has 2 nitrogen and oxygen atoms in total. The molecule has 0 saturated heterocycles. The third-order valence-corrected chi connectivity index (χ3v) is 4.60. The highest BCUT2D eigenvalue weighted by atomic mass is 79.9. The second kappa shape index (κ2) is 4.45. The van der Waals surface area contributed by atoms with E-state index in [4.69, 9.17) is 0 Å². The number of halogens is 1. The van der Waals surface area contributed by atoms with Crippen molar-refractivity contribution in [2.45, 2.75) is 25.7 Å². The molecule has 0 radical (unpaired) electrons. The Balaban J connectivity index is 1.62. The molecule has 3 rings (SSSR count). The molecule has 1 amide bonds. The number of amides is 1. The SMILES string of the molecule is O=C(Nc1ccc(Br)cc1)C1[C@H]2CCCC[C@@H]12. The van der Waals surface area contributed by atoms with E-state index in [2.05, 4.69) is 21.2 Å². The van der Waals surface area contributed by atoms with Gasteiger partial charge in [0.2, 0.25) is 5.91 Å². The van der Waals surface area contributed by atoms with Gasteiger partial charge in [-0.2, -0.15) is 0 Å². The first kappa shape index (κ1) is 11.3. The van der Waals surface area contributed by atoms with Crippen molar-refractivity contribution in [2.24, 2.45) is 17.8 Å². The lowest BCUT2D eigenvalue weighted by Gasteiger charge is -2.04. The van der Waals surface area contributed by atoms with Crippen LogP contribution in [0.4, 0.5) is 5.69 Å². The Labute approximate surface area is 110 Å². The van der Waals surface area contributed by atoms with E-state index in [1.165, 1.54) is 25.7 Å².